The molecule has 0 bridgehead atoms. The number of hydrogen-bond donors (Lipinski definition) is 1. The molecule has 0 unspecified atom stereocenters. The number of nitrogens with one attached hydrogen (secondary N) is 1. The minimum absolute atomic E-state index is 0.531. The third kappa shape index (κ3) is 2.45. The number of hydrogen-bond acceptors (Lipinski definition) is 4. The zero-order chi connectivity index (χ0) is 12.3. The van der Waals surface area contributed by atoms with Crippen molar-refractivity contribution in [2.24, 2.45) is 0 Å². The van der Waals surface area contributed by atoms with Gasteiger partial charge in [0.1, 0.15) is 16.1 Å². The highest BCUT2D eigenvalue weighted by Gasteiger charge is 2.07. The third-order valence-corrected chi connectivity index (χ3v) is 2.60. The predicted molar refractivity (Wildman–Crippen MR) is 68.0 cm³/mol. The second kappa shape index (κ2) is 4.97. The van der Waals surface area contributed by atoms with E-state index in [4.69, 9.17) is 21.7 Å². The van der Waals surface area contributed by atoms with E-state index >= 15 is 0 Å². The molecule has 1 heterocycles. The molecule has 1 aromatic heterocycles. The highest BCUT2D eigenvalue weighted by atomic mass is 32.1. The van der Waals surface area contributed by atoms with Crippen LogP contribution < -0.4 is 9.47 Å². The van der Waals surface area contributed by atoms with Crippen LogP contribution in [-0.2, 0) is 0 Å². The van der Waals surface area contributed by atoms with Gasteiger partial charge in [0, 0.05) is 5.56 Å². The number of nitrogens with zero attached hydrogens (tertiary/aromatic N) is 1. The van der Waals surface area contributed by atoms with E-state index in [1.807, 2.05) is 18.2 Å². The first-order valence-electron chi connectivity index (χ1n) is 5.01. The van der Waals surface area contributed by atoms with Gasteiger partial charge in [-0.15, -0.1) is 0 Å². The van der Waals surface area contributed by atoms with Crippen molar-refractivity contribution >= 4 is 12.2 Å². The van der Waals surface area contributed by atoms with E-state index < -0.39 is 0 Å². The Morgan fingerprint density at radius 2 is 2.00 bits per heavy atom. The van der Waals surface area contributed by atoms with Gasteiger partial charge < -0.3 is 14.5 Å². The van der Waals surface area contributed by atoms with Crippen LogP contribution in [-0.4, -0.2) is 24.2 Å². The fraction of sp³-hybridized carbons (Fsp3) is 0.167. The van der Waals surface area contributed by atoms with E-state index in [0.29, 0.717) is 4.64 Å². The van der Waals surface area contributed by atoms with Crippen molar-refractivity contribution in [3.63, 3.8) is 0 Å². The molecule has 4 nitrogen and oxygen atoms in total. The van der Waals surface area contributed by atoms with Crippen LogP contribution in [0.1, 0.15) is 0 Å². The molecule has 2 aromatic rings. The molecular formula is C12H12N2O2S. The lowest BCUT2D eigenvalue weighted by Crippen LogP contribution is -1.92. The highest BCUT2D eigenvalue weighted by molar-refractivity contribution is 7.71. The van der Waals surface area contributed by atoms with Gasteiger partial charge in [-0.25, -0.2) is 4.98 Å². The lowest BCUT2D eigenvalue weighted by molar-refractivity contribution is 0.404. The second-order valence-electron chi connectivity index (χ2n) is 3.37. The molecule has 0 atom stereocenters. The van der Waals surface area contributed by atoms with Crippen molar-refractivity contribution in [2.45, 2.75) is 0 Å². The molecular weight excluding hydrogens is 236 g/mol. The van der Waals surface area contributed by atoms with Gasteiger partial charge in [-0.3, -0.25) is 0 Å². The summed E-state index contributed by atoms with van der Waals surface area (Å²) in [5.41, 5.74) is 1.74. The maximum absolute atomic E-state index is 5.31. The third-order valence-electron chi connectivity index (χ3n) is 2.38. The summed E-state index contributed by atoms with van der Waals surface area (Å²) in [5, 5.41) is 0. The Bertz CT molecular complexity index is 581. The van der Waals surface area contributed by atoms with Crippen molar-refractivity contribution in [3.8, 4) is 22.8 Å². The summed E-state index contributed by atoms with van der Waals surface area (Å²) in [6.45, 7) is 0. The predicted octanol–water partition coefficient (Wildman–Crippen LogP) is 2.82. The van der Waals surface area contributed by atoms with Gasteiger partial charge >= 0.3 is 0 Å². The van der Waals surface area contributed by atoms with Crippen molar-refractivity contribution in [1.29, 1.82) is 0 Å². The van der Waals surface area contributed by atoms with Gasteiger partial charge in [-0.1, -0.05) is 12.2 Å². The summed E-state index contributed by atoms with van der Waals surface area (Å²) >= 11 is 5.04. The fourth-order valence-electron chi connectivity index (χ4n) is 1.55. The number of H-pyrrole nitrogens is 1. The molecule has 0 amide bonds. The summed E-state index contributed by atoms with van der Waals surface area (Å²) in [7, 11) is 3.25. The SMILES string of the molecule is COc1ccc(OC)c(-c2cc(=S)nc[nH]2)c1. The molecule has 1 N–H and O–H groups in total. The van der Waals surface area contributed by atoms with Gasteiger partial charge in [0.2, 0.25) is 0 Å². The van der Waals surface area contributed by atoms with Crippen LogP contribution in [0.15, 0.2) is 30.6 Å². The number of ether oxygens (including phenoxy) is 2. The minimum Gasteiger partial charge on any atom is -0.497 e. The maximum Gasteiger partial charge on any atom is 0.130 e. The first-order chi connectivity index (χ1) is 8.24. The van der Waals surface area contributed by atoms with E-state index in [9.17, 15) is 0 Å². The monoisotopic (exact) mass is 248 g/mol. The summed E-state index contributed by atoms with van der Waals surface area (Å²) in [6, 6.07) is 7.37. The first-order valence-corrected chi connectivity index (χ1v) is 5.42. The summed E-state index contributed by atoms with van der Waals surface area (Å²) in [4.78, 5) is 6.99. The van der Waals surface area contributed by atoms with Crippen LogP contribution in [0.25, 0.3) is 11.3 Å². The number of aromatic nitrogens is 2. The lowest BCUT2D eigenvalue weighted by Gasteiger charge is -2.10. The summed E-state index contributed by atoms with van der Waals surface area (Å²) in [6.07, 6.45) is 1.57. The van der Waals surface area contributed by atoms with Gasteiger partial charge in [0.15, 0.2) is 0 Å². The standard InChI is InChI=1S/C12H12N2O2S/c1-15-8-3-4-11(16-2)9(5-8)10-6-12(17)14-7-13-10/h3-7H,1-2H3,(H,13,14,17). The Balaban J connectivity index is 2.59. The Kier molecular flexibility index (Phi) is 3.39. The van der Waals surface area contributed by atoms with E-state index in [0.717, 1.165) is 22.8 Å². The molecule has 88 valence electrons. The molecule has 5 heteroatoms. The molecule has 0 aliphatic heterocycles. The van der Waals surface area contributed by atoms with Crippen LogP contribution in [0.3, 0.4) is 0 Å². The molecule has 0 aliphatic rings. The molecule has 2 rings (SSSR count). The topological polar surface area (TPSA) is 47.1 Å². The largest absolute Gasteiger partial charge is 0.497 e. The van der Waals surface area contributed by atoms with E-state index in [2.05, 4.69) is 9.97 Å². The van der Waals surface area contributed by atoms with Gasteiger partial charge in [0.25, 0.3) is 0 Å². The van der Waals surface area contributed by atoms with Gasteiger partial charge in [-0.05, 0) is 24.3 Å². The molecule has 17 heavy (non-hydrogen) atoms. The molecule has 0 spiro atoms. The van der Waals surface area contributed by atoms with Crippen LogP contribution in [0.5, 0.6) is 11.5 Å². The fourth-order valence-corrected chi connectivity index (χ4v) is 1.72. The zero-order valence-corrected chi connectivity index (χ0v) is 10.4. The van der Waals surface area contributed by atoms with Crippen molar-refractivity contribution in [2.75, 3.05) is 14.2 Å². The number of rotatable bonds is 3. The molecule has 0 aliphatic carbocycles. The van der Waals surface area contributed by atoms with E-state index in [1.54, 1.807) is 26.6 Å². The van der Waals surface area contributed by atoms with Crippen molar-refractivity contribution < 1.29 is 9.47 Å². The highest BCUT2D eigenvalue weighted by Crippen LogP contribution is 2.31. The maximum atomic E-state index is 5.31. The minimum atomic E-state index is 0.531. The smallest absolute Gasteiger partial charge is 0.130 e. The quantitative estimate of drug-likeness (QED) is 0.848. The Labute approximate surface area is 104 Å². The summed E-state index contributed by atoms with van der Waals surface area (Å²) < 4.78 is 11.0. The van der Waals surface area contributed by atoms with E-state index in [1.165, 1.54) is 0 Å². The Morgan fingerprint density at radius 1 is 1.18 bits per heavy atom. The second-order valence-corrected chi connectivity index (χ2v) is 3.78. The van der Waals surface area contributed by atoms with Crippen LogP contribution in [0, 0.1) is 4.64 Å². The Morgan fingerprint density at radius 3 is 2.65 bits per heavy atom. The molecule has 0 fully saturated rings. The van der Waals surface area contributed by atoms with Crippen LogP contribution in [0.4, 0.5) is 0 Å². The average Bonchev–Trinajstić information content (AvgIpc) is 2.38. The number of aromatic amines is 1. The van der Waals surface area contributed by atoms with Gasteiger partial charge in [-0.2, -0.15) is 0 Å². The summed E-state index contributed by atoms with van der Waals surface area (Å²) in [5.74, 6) is 1.51. The number of methoxy groups -OCH3 is 2. The van der Waals surface area contributed by atoms with E-state index in [-0.39, 0.29) is 0 Å². The normalized spacial score (nSPS) is 10.0. The lowest BCUT2D eigenvalue weighted by atomic mass is 10.1. The molecule has 1 aromatic carbocycles. The van der Waals surface area contributed by atoms with Crippen LogP contribution in [0.2, 0.25) is 0 Å². The van der Waals surface area contributed by atoms with Crippen molar-refractivity contribution in [1.82, 2.24) is 9.97 Å². The molecule has 0 radical (unpaired) electrons. The van der Waals surface area contributed by atoms with Gasteiger partial charge in [0.05, 0.1) is 26.2 Å². The average molecular weight is 248 g/mol. The van der Waals surface area contributed by atoms with Crippen molar-refractivity contribution in [3.05, 3.63) is 35.2 Å². The number of benzene rings is 1. The molecule has 0 saturated carbocycles. The zero-order valence-electron chi connectivity index (χ0n) is 9.56. The van der Waals surface area contributed by atoms with Crippen LogP contribution >= 0.6 is 12.2 Å². The Hall–Kier alpha value is -1.88. The molecule has 0 saturated heterocycles. The first kappa shape index (κ1) is 11.6.